The maximum atomic E-state index is 13.7. The van der Waals surface area contributed by atoms with Crippen molar-refractivity contribution >= 4 is 69.0 Å². The van der Waals surface area contributed by atoms with Crippen molar-refractivity contribution in [1.29, 1.82) is 0 Å². The third kappa shape index (κ3) is 11.1. The Kier molecular flexibility index (Phi) is 14.9. The first kappa shape index (κ1) is 48.3. The number of benzene rings is 4. The molecule has 0 aliphatic carbocycles. The van der Waals surface area contributed by atoms with Crippen molar-refractivity contribution in [3.8, 4) is 11.4 Å². The largest absolute Gasteiger partial charge is 0.458 e. The highest BCUT2D eigenvalue weighted by atomic mass is 35.5. The summed E-state index contributed by atoms with van der Waals surface area (Å²) in [7, 11) is 3.86. The minimum atomic E-state index is -0.905. The van der Waals surface area contributed by atoms with E-state index in [0.29, 0.717) is 49.3 Å². The van der Waals surface area contributed by atoms with E-state index < -0.39 is 33.3 Å². The van der Waals surface area contributed by atoms with Crippen LogP contribution in [0, 0.1) is 11.6 Å². The van der Waals surface area contributed by atoms with Crippen LogP contribution in [0.2, 0.25) is 10.0 Å². The second-order valence-electron chi connectivity index (χ2n) is 17.4. The standard InChI is InChI=1S/C50H52Cl2F2N8O6/c1-57(23-3-5-35-33-59(41-13-9-39(53)10-14-41)45-17-7-37(51)31-43(35)45)25-29-61(27-21-55-49(61)65)67-47(63)19-20-48(64)68-62(28-22-56-50(62)66)30-26-58(2)24-4-6-36-34-60(42-15-11-40(54)12-16-42)46-18-8-38(52)32-44(36)46/h7-20,31-34H,3-6,21-30H2,1-2H3/p+2/b20-19+. The highest BCUT2D eigenvalue weighted by molar-refractivity contribution is 6.31. The Morgan fingerprint density at radius 3 is 1.40 bits per heavy atom. The van der Waals surface area contributed by atoms with E-state index in [1.54, 1.807) is 24.3 Å². The molecule has 356 valence electrons. The summed E-state index contributed by atoms with van der Waals surface area (Å²) in [6, 6.07) is 23.2. The summed E-state index contributed by atoms with van der Waals surface area (Å²) in [5, 5.41) is 8.76. The monoisotopic (exact) mass is 970 g/mol. The van der Waals surface area contributed by atoms with Crippen LogP contribution in [0.3, 0.4) is 0 Å². The molecule has 8 rings (SSSR count). The lowest BCUT2D eigenvalue weighted by Crippen LogP contribution is -2.54. The number of rotatable bonds is 20. The van der Waals surface area contributed by atoms with Gasteiger partial charge in [-0.2, -0.15) is 0 Å². The molecular weight excluding hydrogens is 918 g/mol. The second-order valence-corrected chi connectivity index (χ2v) is 18.3. The van der Waals surface area contributed by atoms with E-state index in [1.165, 1.54) is 24.3 Å². The molecule has 2 aromatic heterocycles. The Bertz CT molecular complexity index is 2660. The maximum absolute atomic E-state index is 13.7. The summed E-state index contributed by atoms with van der Waals surface area (Å²) >= 11 is 12.8. The Morgan fingerprint density at radius 2 is 1.03 bits per heavy atom. The predicted molar refractivity (Wildman–Crippen MR) is 256 cm³/mol. The van der Waals surface area contributed by atoms with Crippen molar-refractivity contribution in [2.45, 2.75) is 25.7 Å². The lowest BCUT2D eigenvalue weighted by molar-refractivity contribution is -1.02. The second kappa shape index (κ2) is 21.0. The number of hydrogen-bond acceptors (Lipinski definition) is 8. The molecule has 0 saturated carbocycles. The number of nitrogens with zero attached hydrogens (tertiary/aromatic N) is 6. The average molecular weight is 972 g/mol. The highest BCUT2D eigenvalue weighted by Crippen LogP contribution is 2.31. The molecule has 4 aromatic carbocycles. The van der Waals surface area contributed by atoms with Crippen LogP contribution in [0.4, 0.5) is 18.4 Å². The molecule has 2 fully saturated rings. The van der Waals surface area contributed by atoms with Crippen molar-refractivity contribution in [1.82, 2.24) is 29.6 Å². The van der Waals surface area contributed by atoms with E-state index >= 15 is 0 Å². The third-order valence-electron chi connectivity index (χ3n) is 12.7. The van der Waals surface area contributed by atoms with Crippen LogP contribution in [-0.2, 0) is 32.1 Å². The molecule has 2 unspecified atom stereocenters. The number of quaternary nitrogens is 2. The summed E-state index contributed by atoms with van der Waals surface area (Å²) in [4.78, 5) is 68.2. The first-order chi connectivity index (χ1) is 32.7. The smallest absolute Gasteiger partial charge is 0.316 e. The SMILES string of the molecule is CN(CCCc1cn(-c2ccc(F)cc2)c2ccc(Cl)cc12)CC[N+]1(OC(=O)/C=C/C(=O)O[N+]2(CCN(C)CCCc3cn(-c4ccc(F)cc4)c4ccc(Cl)cc34)CCNC2=O)CCNC1=O. The number of fused-ring (bicyclic) bond motifs is 2. The van der Waals surface area contributed by atoms with Crippen LogP contribution in [0.1, 0.15) is 24.0 Å². The minimum absolute atomic E-state index is 0.174. The Hall–Kier alpha value is -6.14. The van der Waals surface area contributed by atoms with Gasteiger partial charge in [0, 0.05) is 56.7 Å². The van der Waals surface area contributed by atoms with Gasteiger partial charge in [-0.25, -0.2) is 28.0 Å². The predicted octanol–water partition coefficient (Wildman–Crippen LogP) is 8.14. The van der Waals surface area contributed by atoms with E-state index in [4.69, 9.17) is 32.9 Å². The number of likely N-dealkylation sites (N-methyl/N-ethyl adjacent to an activating group) is 2. The molecule has 0 spiro atoms. The first-order valence-electron chi connectivity index (χ1n) is 22.6. The van der Waals surface area contributed by atoms with Crippen LogP contribution in [0.5, 0.6) is 0 Å². The number of nitrogens with one attached hydrogen (secondary N) is 2. The number of aryl methyl sites for hydroxylation is 2. The molecule has 68 heavy (non-hydrogen) atoms. The van der Waals surface area contributed by atoms with Gasteiger partial charge in [0.05, 0.1) is 37.2 Å². The number of aromatic nitrogens is 2. The molecule has 4 amide bonds. The molecule has 14 nitrogen and oxygen atoms in total. The van der Waals surface area contributed by atoms with Gasteiger partial charge in [-0.3, -0.25) is 20.3 Å². The number of amides is 4. The van der Waals surface area contributed by atoms with Crippen LogP contribution in [0.25, 0.3) is 33.2 Å². The van der Waals surface area contributed by atoms with Crippen LogP contribution in [0.15, 0.2) is 109 Å². The zero-order valence-electron chi connectivity index (χ0n) is 37.9. The van der Waals surface area contributed by atoms with Gasteiger partial charge in [-0.15, -0.1) is 0 Å². The average Bonchev–Trinajstić information content (AvgIpc) is 4.08. The molecule has 0 radical (unpaired) electrons. The van der Waals surface area contributed by atoms with Crippen LogP contribution in [-0.4, -0.2) is 132 Å². The maximum Gasteiger partial charge on any atom is 0.458 e. The Morgan fingerprint density at radius 1 is 0.632 bits per heavy atom. The quantitative estimate of drug-likeness (QED) is 0.0581. The van der Waals surface area contributed by atoms with Gasteiger partial charge in [-0.1, -0.05) is 23.2 Å². The van der Waals surface area contributed by atoms with Gasteiger partial charge in [0.15, 0.2) is 0 Å². The number of hydroxylamine groups is 6. The van der Waals surface area contributed by atoms with Crippen molar-refractivity contribution in [3.63, 3.8) is 0 Å². The van der Waals surface area contributed by atoms with Gasteiger partial charge in [-0.05, 0) is 158 Å². The van der Waals surface area contributed by atoms with Crippen LogP contribution < -0.4 is 10.6 Å². The van der Waals surface area contributed by atoms with E-state index in [9.17, 15) is 28.0 Å². The lowest BCUT2D eigenvalue weighted by atomic mass is 10.1. The Labute approximate surface area is 402 Å². The van der Waals surface area contributed by atoms with E-state index in [0.717, 1.165) is 82.1 Å². The number of carbonyl (C=O) groups is 4. The zero-order valence-corrected chi connectivity index (χ0v) is 39.4. The summed E-state index contributed by atoms with van der Waals surface area (Å²) in [5.41, 5.74) is 5.78. The molecule has 2 atom stereocenters. The van der Waals surface area contributed by atoms with E-state index in [-0.39, 0.29) is 37.8 Å². The topological polar surface area (TPSA) is 127 Å². The summed E-state index contributed by atoms with van der Waals surface area (Å²) in [5.74, 6) is -2.42. The fourth-order valence-electron chi connectivity index (χ4n) is 8.95. The fraction of sp³-hybridized carbons (Fsp3) is 0.320. The fourth-order valence-corrected chi connectivity index (χ4v) is 9.29. The molecule has 2 N–H and O–H groups in total. The number of hydrogen-bond donors (Lipinski definition) is 2. The molecule has 2 aliphatic rings. The molecule has 2 aliphatic heterocycles. The molecule has 2 saturated heterocycles. The van der Waals surface area contributed by atoms with Gasteiger partial charge in [0.2, 0.25) is 0 Å². The number of urea groups is 2. The molecular formula is C50H54Cl2F2N8O6+2. The normalized spacial score (nSPS) is 18.4. The van der Waals surface area contributed by atoms with Crippen molar-refractivity contribution < 1.29 is 46.9 Å². The molecule has 0 bridgehead atoms. The van der Waals surface area contributed by atoms with E-state index in [1.807, 2.05) is 72.0 Å². The van der Waals surface area contributed by atoms with Crippen LogP contribution >= 0.6 is 23.2 Å². The van der Waals surface area contributed by atoms with Crippen molar-refractivity contribution in [3.05, 3.63) is 142 Å². The number of halogens is 4. The van der Waals surface area contributed by atoms with Crippen molar-refractivity contribution in [2.75, 3.05) is 79.5 Å². The highest BCUT2D eigenvalue weighted by Gasteiger charge is 2.48. The van der Waals surface area contributed by atoms with Gasteiger partial charge in [0.25, 0.3) is 0 Å². The number of carbonyl (C=O) groups excluding carboxylic acids is 4. The zero-order chi connectivity index (χ0) is 48.0. The van der Waals surface area contributed by atoms with E-state index in [2.05, 4.69) is 20.4 Å². The Balaban J connectivity index is 0.816. The van der Waals surface area contributed by atoms with Crippen molar-refractivity contribution in [2.24, 2.45) is 0 Å². The molecule has 6 aromatic rings. The summed E-state index contributed by atoms with van der Waals surface area (Å²) in [6.45, 7) is 3.59. The lowest BCUT2D eigenvalue weighted by Gasteiger charge is -2.28. The molecule has 4 heterocycles. The van der Waals surface area contributed by atoms with Gasteiger partial charge >= 0.3 is 24.0 Å². The molecule has 18 heteroatoms. The third-order valence-corrected chi connectivity index (χ3v) is 13.2. The summed E-state index contributed by atoms with van der Waals surface area (Å²) < 4.78 is 30.2. The van der Waals surface area contributed by atoms with Gasteiger partial charge in [0.1, 0.15) is 37.8 Å². The first-order valence-corrected chi connectivity index (χ1v) is 23.4. The van der Waals surface area contributed by atoms with Gasteiger partial charge < -0.3 is 18.9 Å². The summed E-state index contributed by atoms with van der Waals surface area (Å²) in [6.07, 6.45) is 8.96. The minimum Gasteiger partial charge on any atom is -0.316 e.